The molecule has 2 aromatic rings. The summed E-state index contributed by atoms with van der Waals surface area (Å²) >= 11 is 6.02. The van der Waals surface area contributed by atoms with E-state index in [0.29, 0.717) is 11.3 Å². The number of carbonyl (C=O) groups is 1. The van der Waals surface area contributed by atoms with Gasteiger partial charge in [-0.25, -0.2) is 8.42 Å². The Bertz CT molecular complexity index is 908. The van der Waals surface area contributed by atoms with Crippen molar-refractivity contribution in [2.75, 3.05) is 25.4 Å². The zero-order chi connectivity index (χ0) is 18.6. The summed E-state index contributed by atoms with van der Waals surface area (Å²) in [6.45, 7) is 0. The minimum Gasteiger partial charge on any atom is -0.383 e. The van der Waals surface area contributed by atoms with Gasteiger partial charge in [0.2, 0.25) is 0 Å². The normalized spacial score (nSPS) is 11.5. The maximum Gasteiger partial charge on any atom is 0.265 e. The molecule has 0 heterocycles. The third-order valence-corrected chi connectivity index (χ3v) is 5.78. The van der Waals surface area contributed by atoms with E-state index in [1.807, 2.05) is 14.1 Å². The highest BCUT2D eigenvalue weighted by molar-refractivity contribution is 7.93. The molecule has 0 spiro atoms. The van der Waals surface area contributed by atoms with Gasteiger partial charge in [0.1, 0.15) is 4.90 Å². The first-order valence-corrected chi connectivity index (χ1v) is 9.28. The second-order valence-electron chi connectivity index (χ2n) is 5.60. The lowest BCUT2D eigenvalue weighted by molar-refractivity contribution is 0.104. The molecular weight excluding hydrogens is 360 g/mol. The molecule has 0 bridgehead atoms. The zero-order valence-electron chi connectivity index (χ0n) is 14.2. The van der Waals surface area contributed by atoms with Crippen molar-refractivity contribution in [3.8, 4) is 0 Å². The highest BCUT2D eigenvalue weighted by atomic mass is 35.5. The number of carbonyl (C=O) groups excluding carboxylic acids is 1. The Balaban J connectivity index is 2.37. The van der Waals surface area contributed by atoms with Gasteiger partial charge in [-0.1, -0.05) is 35.9 Å². The molecule has 0 aromatic heterocycles. The molecule has 0 unspecified atom stereocenters. The molecule has 0 aliphatic carbocycles. The predicted molar refractivity (Wildman–Crippen MR) is 101 cm³/mol. The third kappa shape index (κ3) is 4.41. The quantitative estimate of drug-likeness (QED) is 0.571. The second-order valence-corrected chi connectivity index (χ2v) is 7.94. The lowest BCUT2D eigenvalue weighted by Gasteiger charge is -2.20. The number of ketones is 1. The van der Waals surface area contributed by atoms with Crippen LogP contribution in [-0.4, -0.2) is 40.2 Å². The largest absolute Gasteiger partial charge is 0.383 e. The molecule has 0 saturated carbocycles. The molecular formula is C18H19ClN2O3S. The lowest BCUT2D eigenvalue weighted by atomic mass is 10.1. The summed E-state index contributed by atoms with van der Waals surface area (Å²) in [6, 6.07) is 12.7. The van der Waals surface area contributed by atoms with Crippen molar-refractivity contribution < 1.29 is 13.2 Å². The van der Waals surface area contributed by atoms with Gasteiger partial charge in [-0.3, -0.25) is 9.10 Å². The topological polar surface area (TPSA) is 57.7 Å². The van der Waals surface area contributed by atoms with Gasteiger partial charge in [-0.2, -0.15) is 0 Å². The molecule has 5 nitrogen and oxygen atoms in total. The molecule has 0 radical (unpaired) electrons. The van der Waals surface area contributed by atoms with Crippen LogP contribution in [0.5, 0.6) is 0 Å². The van der Waals surface area contributed by atoms with Crippen molar-refractivity contribution in [3.63, 3.8) is 0 Å². The summed E-state index contributed by atoms with van der Waals surface area (Å²) in [6.07, 6.45) is 3.07. The van der Waals surface area contributed by atoms with Crippen LogP contribution in [0.25, 0.3) is 0 Å². The van der Waals surface area contributed by atoms with Crippen LogP contribution in [0.4, 0.5) is 5.69 Å². The maximum atomic E-state index is 12.8. The molecule has 0 amide bonds. The number of hydrogen-bond acceptors (Lipinski definition) is 4. The summed E-state index contributed by atoms with van der Waals surface area (Å²) in [7, 11) is 1.22. The first-order chi connectivity index (χ1) is 11.7. The monoisotopic (exact) mass is 378 g/mol. The number of halogens is 1. The Morgan fingerprint density at radius 1 is 1.04 bits per heavy atom. The van der Waals surface area contributed by atoms with E-state index >= 15 is 0 Å². The Morgan fingerprint density at radius 3 is 2.36 bits per heavy atom. The number of rotatable bonds is 6. The molecule has 2 rings (SSSR count). The maximum absolute atomic E-state index is 12.8. The van der Waals surface area contributed by atoms with Gasteiger partial charge < -0.3 is 4.90 Å². The Labute approximate surface area is 153 Å². The Morgan fingerprint density at radius 2 is 1.72 bits per heavy atom. The molecule has 0 aliphatic rings. The SMILES string of the molecule is CN(C)/C=C/C(=O)c1cccc(N(C)S(=O)(=O)c2ccccc2Cl)c1. The summed E-state index contributed by atoms with van der Waals surface area (Å²) in [5.74, 6) is -0.209. The average molecular weight is 379 g/mol. The fourth-order valence-corrected chi connectivity index (χ4v) is 3.79. The number of anilines is 1. The Kier molecular flexibility index (Phi) is 5.87. The molecule has 0 N–H and O–H groups in total. The second kappa shape index (κ2) is 7.72. The van der Waals surface area contributed by atoms with Gasteiger partial charge in [-0.15, -0.1) is 0 Å². The van der Waals surface area contributed by atoms with Crippen LogP contribution in [0.15, 0.2) is 65.7 Å². The van der Waals surface area contributed by atoms with Gasteiger partial charge in [0.15, 0.2) is 5.78 Å². The number of sulfonamides is 1. The standard InChI is InChI=1S/C18H19ClN2O3S/c1-20(2)12-11-17(22)14-7-6-8-15(13-14)21(3)25(23,24)18-10-5-4-9-16(18)19/h4-13H,1-3H3/b12-11+. The highest BCUT2D eigenvalue weighted by Gasteiger charge is 2.24. The van der Waals surface area contributed by atoms with E-state index in [1.54, 1.807) is 41.4 Å². The van der Waals surface area contributed by atoms with Crippen LogP contribution < -0.4 is 4.31 Å². The molecule has 0 atom stereocenters. The van der Waals surface area contributed by atoms with E-state index < -0.39 is 10.0 Å². The van der Waals surface area contributed by atoms with Crippen LogP contribution in [0, 0.1) is 0 Å². The number of allylic oxidation sites excluding steroid dienone is 1. The van der Waals surface area contributed by atoms with Gasteiger partial charge in [-0.05, 0) is 24.3 Å². The smallest absolute Gasteiger partial charge is 0.265 e. The Hall–Kier alpha value is -2.31. The van der Waals surface area contributed by atoms with Crippen molar-refractivity contribution >= 4 is 33.1 Å². The van der Waals surface area contributed by atoms with E-state index in [2.05, 4.69) is 0 Å². The third-order valence-electron chi connectivity index (χ3n) is 3.49. The van der Waals surface area contributed by atoms with Crippen molar-refractivity contribution in [1.82, 2.24) is 4.90 Å². The average Bonchev–Trinajstić information content (AvgIpc) is 2.59. The summed E-state index contributed by atoms with van der Waals surface area (Å²) < 4.78 is 26.7. The fourth-order valence-electron chi connectivity index (χ4n) is 2.11. The van der Waals surface area contributed by atoms with E-state index in [1.165, 1.54) is 31.3 Å². The lowest BCUT2D eigenvalue weighted by Crippen LogP contribution is -2.27. The minimum atomic E-state index is -3.83. The number of benzene rings is 2. The van der Waals surface area contributed by atoms with E-state index in [4.69, 9.17) is 11.6 Å². The molecule has 7 heteroatoms. The van der Waals surface area contributed by atoms with Crippen LogP contribution in [-0.2, 0) is 10.0 Å². The van der Waals surface area contributed by atoms with E-state index in [0.717, 1.165) is 4.31 Å². The first-order valence-electron chi connectivity index (χ1n) is 7.46. The van der Waals surface area contributed by atoms with Gasteiger partial charge >= 0.3 is 0 Å². The van der Waals surface area contributed by atoms with Crippen molar-refractivity contribution in [2.24, 2.45) is 0 Å². The number of nitrogens with zero attached hydrogens (tertiary/aromatic N) is 2. The molecule has 0 aliphatic heterocycles. The van der Waals surface area contributed by atoms with Crippen LogP contribution in [0.2, 0.25) is 5.02 Å². The molecule has 132 valence electrons. The fraction of sp³-hybridized carbons (Fsp3) is 0.167. The van der Waals surface area contributed by atoms with Crippen molar-refractivity contribution in [3.05, 3.63) is 71.4 Å². The minimum absolute atomic E-state index is 0.0170. The van der Waals surface area contributed by atoms with Crippen molar-refractivity contribution in [1.29, 1.82) is 0 Å². The van der Waals surface area contributed by atoms with Crippen LogP contribution >= 0.6 is 11.6 Å². The number of hydrogen-bond donors (Lipinski definition) is 0. The highest BCUT2D eigenvalue weighted by Crippen LogP contribution is 2.27. The zero-order valence-corrected chi connectivity index (χ0v) is 15.8. The van der Waals surface area contributed by atoms with E-state index in [9.17, 15) is 13.2 Å². The van der Waals surface area contributed by atoms with Crippen LogP contribution in [0.1, 0.15) is 10.4 Å². The summed E-state index contributed by atoms with van der Waals surface area (Å²) in [5.41, 5.74) is 0.779. The molecule has 25 heavy (non-hydrogen) atoms. The molecule has 0 fully saturated rings. The van der Waals surface area contributed by atoms with E-state index in [-0.39, 0.29) is 15.7 Å². The summed E-state index contributed by atoms with van der Waals surface area (Å²) in [4.78, 5) is 14.0. The van der Waals surface area contributed by atoms with Crippen LogP contribution in [0.3, 0.4) is 0 Å². The van der Waals surface area contributed by atoms with Gasteiger partial charge in [0, 0.05) is 39.0 Å². The van der Waals surface area contributed by atoms with Gasteiger partial charge in [0.05, 0.1) is 10.7 Å². The molecule has 2 aromatic carbocycles. The summed E-state index contributed by atoms with van der Waals surface area (Å²) in [5, 5.41) is 0.149. The predicted octanol–water partition coefficient (Wildman–Crippen LogP) is 3.42. The van der Waals surface area contributed by atoms with Crippen molar-refractivity contribution in [2.45, 2.75) is 4.90 Å². The van der Waals surface area contributed by atoms with Gasteiger partial charge in [0.25, 0.3) is 10.0 Å². The molecule has 0 saturated heterocycles. The first kappa shape index (κ1) is 19.0.